The molecule has 0 radical (unpaired) electrons. The normalized spacial score (nSPS) is 12.9. The van der Waals surface area contributed by atoms with Gasteiger partial charge in [-0.05, 0) is 205 Å². The lowest BCUT2D eigenvalue weighted by molar-refractivity contribution is 0.590. The van der Waals surface area contributed by atoms with Gasteiger partial charge in [-0.25, -0.2) is 0 Å². The Balaban J connectivity index is 0.915. The molecule has 0 spiro atoms. The van der Waals surface area contributed by atoms with Crippen LogP contribution in [0.5, 0.6) is 0 Å². The van der Waals surface area contributed by atoms with Gasteiger partial charge in [0.1, 0.15) is 0 Å². The van der Waals surface area contributed by atoms with Crippen LogP contribution in [0.2, 0.25) is 0 Å². The average Bonchev–Trinajstić information content (AvgIpc) is 0.840. The summed E-state index contributed by atoms with van der Waals surface area (Å²) in [5, 5.41) is 22.7. The fourth-order valence-electron chi connectivity index (χ4n) is 20.1. The first kappa shape index (κ1) is 70.0. The maximum atomic E-state index is 10.9. The lowest BCUT2D eigenvalue weighted by Gasteiger charge is -2.46. The van der Waals surface area contributed by atoms with Gasteiger partial charge in [0.2, 0.25) is 0 Å². The largest absolute Gasteiger partial charge is 0.309 e. The van der Waals surface area contributed by atoms with Crippen LogP contribution < -0.4 is 26.2 Å². The number of fused-ring (bicyclic) bond motifs is 19. The molecule has 6 nitrogen and oxygen atoms in total. The molecule has 0 N–H and O–H groups in total. The van der Waals surface area contributed by atoms with Gasteiger partial charge in [-0.3, -0.25) is 0 Å². The Morgan fingerprint density at radius 1 is 0.267 bits per heavy atom. The molecule has 7 heterocycles. The van der Waals surface area contributed by atoms with Gasteiger partial charge in [0.25, 0.3) is 6.71 Å². The van der Waals surface area contributed by atoms with Crippen LogP contribution in [0.15, 0.2) is 358 Å². The molecule has 2 aliphatic rings. The summed E-state index contributed by atoms with van der Waals surface area (Å²) in [7, 11) is 0. The highest BCUT2D eigenvalue weighted by atomic mass is 32.1. The lowest BCUT2D eigenvalue weighted by Crippen LogP contribution is -2.61. The molecule has 2 aliphatic heterocycles. The summed E-state index contributed by atoms with van der Waals surface area (Å²) in [6.45, 7) is 13.7. The number of nitrogens with zero attached hydrogens (tertiary/aromatic N) is 6. The standard InChI is InChI=1S/C111H77BN6S2/c1-110(2,3)74-49-55-106-88(61-74)87-58-73(48-54-105(87)120-106)84-62-75(111(4,5)6)63-102(116-94-40-22-15-32-80(94)81-33-16-23-41-95(81)116)109(84)118-98-52-46-71(69-28-11-8-12-29-69)60-90(98)112-89-59-70(68-26-9-7-10-27-68)45-51-97(89)117(100-64-76(65-101(118)107(100)112)114-91-37-19-17-34-82(91)85-56-67(66-113)44-50-96(85)114)108-77(72-47-53-104-86(57-72)83-35-18-24-43-103(83)119-104)36-25-42-99(108)115-92-38-20-13-30-78(92)79-31-14-21-39-93(79)115/h7-65H,1-6H3. The fourth-order valence-corrected chi connectivity index (χ4v) is 22.2. The zero-order valence-electron chi connectivity index (χ0n) is 67.1. The molecule has 0 amide bonds. The van der Waals surface area contributed by atoms with Gasteiger partial charge in [0.05, 0.1) is 73.2 Å². The minimum Gasteiger partial charge on any atom is -0.309 e. The molecule has 0 saturated heterocycles. The molecule has 566 valence electrons. The van der Waals surface area contributed by atoms with Crippen LogP contribution in [-0.2, 0) is 10.8 Å². The highest BCUT2D eigenvalue weighted by molar-refractivity contribution is 7.26. The molecule has 17 aromatic carbocycles. The smallest absolute Gasteiger partial charge is 0.252 e. The summed E-state index contributed by atoms with van der Waals surface area (Å²) >= 11 is 3.73. The van der Waals surface area contributed by atoms with Gasteiger partial charge in [0, 0.05) is 107 Å². The monoisotopic (exact) mass is 1570 g/mol. The number of hydrogen-bond donors (Lipinski definition) is 0. The Hall–Kier alpha value is -14.3. The Bertz CT molecular complexity index is 8070. The van der Waals surface area contributed by atoms with Crippen molar-refractivity contribution in [3.8, 4) is 67.6 Å². The third kappa shape index (κ3) is 10.6. The van der Waals surface area contributed by atoms with Crippen molar-refractivity contribution >= 4 is 186 Å². The van der Waals surface area contributed by atoms with Crippen LogP contribution in [-0.4, -0.2) is 20.4 Å². The molecule has 0 bridgehead atoms. The number of benzene rings is 17. The van der Waals surface area contributed by atoms with Crippen molar-refractivity contribution in [2.45, 2.75) is 52.4 Å². The van der Waals surface area contributed by atoms with E-state index in [0.717, 1.165) is 145 Å². The van der Waals surface area contributed by atoms with E-state index in [-0.39, 0.29) is 17.5 Å². The van der Waals surface area contributed by atoms with Crippen molar-refractivity contribution in [2.24, 2.45) is 0 Å². The summed E-state index contributed by atoms with van der Waals surface area (Å²) in [6, 6.07) is 138. The first-order valence-electron chi connectivity index (χ1n) is 41.5. The number of hydrogen-bond acceptors (Lipinski definition) is 5. The number of nitriles is 1. The Morgan fingerprint density at radius 2 is 0.692 bits per heavy atom. The van der Waals surface area contributed by atoms with Crippen molar-refractivity contribution in [1.82, 2.24) is 13.7 Å². The molecule has 0 fully saturated rings. The van der Waals surface area contributed by atoms with E-state index < -0.39 is 0 Å². The van der Waals surface area contributed by atoms with Crippen molar-refractivity contribution in [3.63, 3.8) is 0 Å². The van der Waals surface area contributed by atoms with Crippen molar-refractivity contribution in [3.05, 3.63) is 375 Å². The van der Waals surface area contributed by atoms with Crippen LogP contribution in [0.4, 0.5) is 34.1 Å². The van der Waals surface area contributed by atoms with E-state index in [4.69, 9.17) is 0 Å². The lowest BCUT2D eigenvalue weighted by atomic mass is 9.33. The van der Waals surface area contributed by atoms with E-state index in [1.54, 1.807) is 0 Å². The Morgan fingerprint density at radius 3 is 1.23 bits per heavy atom. The van der Waals surface area contributed by atoms with Crippen molar-refractivity contribution < 1.29 is 0 Å². The van der Waals surface area contributed by atoms with Crippen LogP contribution in [0.3, 0.4) is 0 Å². The molecule has 0 aliphatic carbocycles. The van der Waals surface area contributed by atoms with Crippen molar-refractivity contribution in [2.75, 3.05) is 9.80 Å². The molecule has 120 heavy (non-hydrogen) atoms. The number of rotatable bonds is 9. The zero-order valence-corrected chi connectivity index (χ0v) is 68.8. The van der Waals surface area contributed by atoms with Gasteiger partial charge in [-0.2, -0.15) is 5.26 Å². The van der Waals surface area contributed by atoms with E-state index in [2.05, 4.69) is 423 Å². The van der Waals surface area contributed by atoms with Crippen LogP contribution in [0.25, 0.3) is 167 Å². The molecular formula is C111H77BN6S2. The zero-order chi connectivity index (χ0) is 80.1. The van der Waals surface area contributed by atoms with Crippen LogP contribution >= 0.6 is 22.7 Å². The van der Waals surface area contributed by atoms with Gasteiger partial charge in [-0.1, -0.05) is 266 Å². The summed E-state index contributed by atoms with van der Waals surface area (Å²) in [5.74, 6) is 0. The maximum Gasteiger partial charge on any atom is 0.252 e. The predicted molar refractivity (Wildman–Crippen MR) is 513 cm³/mol. The summed E-state index contributed by atoms with van der Waals surface area (Å²) in [4.78, 5) is 5.44. The second-order valence-electron chi connectivity index (χ2n) is 34.6. The van der Waals surface area contributed by atoms with Gasteiger partial charge >= 0.3 is 0 Å². The number of thiophene rings is 2. The third-order valence-corrected chi connectivity index (χ3v) is 28.0. The molecule has 0 saturated carbocycles. The van der Waals surface area contributed by atoms with E-state index in [1.165, 1.54) is 83.9 Å². The predicted octanol–water partition coefficient (Wildman–Crippen LogP) is 28.9. The average molecular weight is 1570 g/mol. The maximum absolute atomic E-state index is 10.9. The van der Waals surface area contributed by atoms with E-state index in [0.29, 0.717) is 5.56 Å². The summed E-state index contributed by atoms with van der Waals surface area (Å²) in [5.41, 5.74) is 31.1. The Labute approximate surface area is 703 Å². The van der Waals surface area contributed by atoms with Crippen LogP contribution in [0, 0.1) is 11.3 Å². The minimum atomic E-state index is -0.373. The molecule has 5 aromatic heterocycles. The summed E-state index contributed by atoms with van der Waals surface area (Å²) in [6.07, 6.45) is 0. The molecule has 0 atom stereocenters. The molecule has 24 rings (SSSR count). The van der Waals surface area contributed by atoms with E-state index in [9.17, 15) is 5.26 Å². The number of aromatic nitrogens is 3. The molecule has 22 aromatic rings. The molecule has 0 unspecified atom stereocenters. The summed E-state index contributed by atoms with van der Waals surface area (Å²) < 4.78 is 12.7. The third-order valence-electron chi connectivity index (χ3n) is 25.7. The second-order valence-corrected chi connectivity index (χ2v) is 36.8. The first-order valence-corrected chi connectivity index (χ1v) is 43.2. The number of anilines is 6. The quantitative estimate of drug-likeness (QED) is 0.135. The van der Waals surface area contributed by atoms with Gasteiger partial charge in [0.15, 0.2) is 0 Å². The highest BCUT2D eigenvalue weighted by Crippen LogP contribution is 2.56. The number of para-hydroxylation sites is 6. The van der Waals surface area contributed by atoms with Crippen LogP contribution in [0.1, 0.15) is 58.2 Å². The van der Waals surface area contributed by atoms with Crippen molar-refractivity contribution in [1.29, 1.82) is 5.26 Å². The highest BCUT2D eigenvalue weighted by Gasteiger charge is 2.47. The van der Waals surface area contributed by atoms with Gasteiger partial charge < -0.3 is 23.5 Å². The second kappa shape index (κ2) is 26.4. The first-order chi connectivity index (χ1) is 58.7. The molecule has 9 heteroatoms. The fraction of sp³-hybridized carbons (Fsp3) is 0.0721. The molecular weight excluding hydrogens is 1490 g/mol. The minimum absolute atomic E-state index is 0.0700. The Kier molecular flexibility index (Phi) is 15.4. The SMILES string of the molecule is CC(C)(C)c1cc(-c2ccc3sc4ccc(C(C)(C)C)cc4c3c2)c(N2c3ccc(-c4ccccc4)cc3B3c4cc(-c5ccccc5)ccc4N(c4c(-c5ccc6sc7ccccc7c6c5)cccc4-n4c5ccccc5c5ccccc54)c4cc(-n5c6ccccc6c6cc(C#N)ccc65)cc2c43)c(-n2c3ccccc3c3ccccc32)c1. The van der Waals surface area contributed by atoms with E-state index in [1.807, 2.05) is 28.7 Å². The topological polar surface area (TPSA) is 45.1 Å². The van der Waals surface area contributed by atoms with Gasteiger partial charge in [-0.15, -0.1) is 22.7 Å². The van der Waals surface area contributed by atoms with E-state index >= 15 is 0 Å².